The zero-order valence-electron chi connectivity index (χ0n) is 14.3. The van der Waals surface area contributed by atoms with Gasteiger partial charge in [-0.3, -0.25) is 14.9 Å². The number of rotatable bonds is 5. The smallest absolute Gasteiger partial charge is 0.374 e. The molecule has 0 aliphatic carbocycles. The summed E-state index contributed by atoms with van der Waals surface area (Å²) in [5.74, 6) is 2.35. The van der Waals surface area contributed by atoms with E-state index < -0.39 is 5.97 Å². The molecule has 0 radical (unpaired) electrons. The fraction of sp³-hybridized carbons (Fsp3) is 0.562. The molecule has 1 aliphatic heterocycles. The number of aromatic nitrogens is 3. The van der Waals surface area contributed by atoms with Gasteiger partial charge in [0.1, 0.15) is 11.6 Å². The predicted molar refractivity (Wildman–Crippen MR) is 86.5 cm³/mol. The minimum atomic E-state index is -0.426. The van der Waals surface area contributed by atoms with E-state index in [0.29, 0.717) is 12.3 Å². The van der Waals surface area contributed by atoms with Gasteiger partial charge in [0.2, 0.25) is 5.76 Å². The van der Waals surface area contributed by atoms with Crippen molar-refractivity contribution in [3.63, 3.8) is 0 Å². The summed E-state index contributed by atoms with van der Waals surface area (Å²) in [6, 6.07) is 1.91. The zero-order valence-corrected chi connectivity index (χ0v) is 14.3. The van der Waals surface area contributed by atoms with Gasteiger partial charge < -0.3 is 9.15 Å². The maximum atomic E-state index is 11.6. The van der Waals surface area contributed by atoms with Crippen molar-refractivity contribution in [3.05, 3.63) is 34.8 Å². The van der Waals surface area contributed by atoms with Crippen molar-refractivity contribution >= 4 is 5.97 Å². The summed E-state index contributed by atoms with van der Waals surface area (Å²) in [5.41, 5.74) is 0.815. The normalized spacial score (nSPS) is 16.5. The van der Waals surface area contributed by atoms with Crippen molar-refractivity contribution in [2.45, 2.75) is 26.9 Å². The Morgan fingerprint density at radius 1 is 1.25 bits per heavy atom. The second kappa shape index (κ2) is 7.14. The SMILES string of the molecule is COC(=O)c1oc(CN2CCN(Cc3n[nH]c(C)n3)CC2)cc1C. The van der Waals surface area contributed by atoms with Crippen LogP contribution in [-0.2, 0) is 17.8 Å². The third-order valence-corrected chi connectivity index (χ3v) is 4.19. The molecule has 0 unspecified atom stereocenters. The number of carbonyl (C=O) groups is 1. The second-order valence-corrected chi connectivity index (χ2v) is 6.11. The van der Waals surface area contributed by atoms with Crippen LogP contribution in [0.2, 0.25) is 0 Å². The quantitative estimate of drug-likeness (QED) is 0.820. The molecule has 24 heavy (non-hydrogen) atoms. The van der Waals surface area contributed by atoms with Crippen LogP contribution in [0.4, 0.5) is 0 Å². The second-order valence-electron chi connectivity index (χ2n) is 6.11. The Labute approximate surface area is 140 Å². The Balaban J connectivity index is 1.51. The van der Waals surface area contributed by atoms with Crippen molar-refractivity contribution < 1.29 is 13.9 Å². The molecule has 2 aromatic rings. The molecule has 0 bridgehead atoms. The minimum Gasteiger partial charge on any atom is -0.463 e. The average molecular weight is 333 g/mol. The summed E-state index contributed by atoms with van der Waals surface area (Å²) < 4.78 is 10.4. The Morgan fingerprint density at radius 2 is 1.92 bits per heavy atom. The van der Waals surface area contributed by atoms with Crippen LogP contribution >= 0.6 is 0 Å². The molecule has 1 aliphatic rings. The number of aryl methyl sites for hydroxylation is 2. The van der Waals surface area contributed by atoms with Gasteiger partial charge >= 0.3 is 5.97 Å². The number of H-pyrrole nitrogens is 1. The molecule has 8 heteroatoms. The van der Waals surface area contributed by atoms with Crippen molar-refractivity contribution in [2.24, 2.45) is 0 Å². The highest BCUT2D eigenvalue weighted by molar-refractivity contribution is 5.87. The Morgan fingerprint density at radius 3 is 2.50 bits per heavy atom. The number of nitrogens with zero attached hydrogens (tertiary/aromatic N) is 4. The Bertz CT molecular complexity index is 700. The van der Waals surface area contributed by atoms with Gasteiger partial charge in [-0.05, 0) is 19.9 Å². The lowest BCUT2D eigenvalue weighted by Crippen LogP contribution is -2.45. The van der Waals surface area contributed by atoms with Gasteiger partial charge in [0.15, 0.2) is 5.82 Å². The zero-order chi connectivity index (χ0) is 17.1. The molecular formula is C16H23N5O3. The van der Waals surface area contributed by atoms with E-state index in [1.807, 2.05) is 19.9 Å². The first-order chi connectivity index (χ1) is 11.5. The molecule has 0 saturated carbocycles. The molecule has 2 aromatic heterocycles. The largest absolute Gasteiger partial charge is 0.463 e. The lowest BCUT2D eigenvalue weighted by Gasteiger charge is -2.33. The summed E-state index contributed by atoms with van der Waals surface area (Å²) in [7, 11) is 1.36. The number of furan rings is 1. The molecule has 8 nitrogen and oxygen atoms in total. The number of methoxy groups -OCH3 is 1. The maximum absolute atomic E-state index is 11.6. The number of hydrogen-bond donors (Lipinski definition) is 1. The lowest BCUT2D eigenvalue weighted by molar-refractivity contribution is 0.0557. The summed E-state index contributed by atoms with van der Waals surface area (Å²) in [6.45, 7) is 9.02. The van der Waals surface area contributed by atoms with Crippen LogP contribution < -0.4 is 0 Å². The molecule has 0 aromatic carbocycles. The van der Waals surface area contributed by atoms with Gasteiger partial charge in [0.05, 0.1) is 20.2 Å². The van der Waals surface area contributed by atoms with E-state index in [4.69, 9.17) is 9.15 Å². The number of piperazine rings is 1. The summed E-state index contributed by atoms with van der Waals surface area (Å²) >= 11 is 0. The van der Waals surface area contributed by atoms with Crippen LogP contribution in [-0.4, -0.2) is 64.2 Å². The molecule has 1 fully saturated rings. The Kier molecular flexibility index (Phi) is 4.96. The van der Waals surface area contributed by atoms with Gasteiger partial charge in [0, 0.05) is 31.7 Å². The summed E-state index contributed by atoms with van der Waals surface area (Å²) in [4.78, 5) is 20.6. The molecular weight excluding hydrogens is 310 g/mol. The standard InChI is InChI=1S/C16H23N5O3/c1-11-8-13(24-15(11)16(22)23-3)9-20-4-6-21(7-5-20)10-14-17-12(2)18-19-14/h8H,4-7,9-10H2,1-3H3,(H,17,18,19). The number of esters is 1. The molecule has 0 spiro atoms. The first-order valence-electron chi connectivity index (χ1n) is 8.05. The van der Waals surface area contributed by atoms with Crippen LogP contribution in [0.15, 0.2) is 10.5 Å². The highest BCUT2D eigenvalue weighted by atomic mass is 16.5. The van der Waals surface area contributed by atoms with Crippen LogP contribution in [0.3, 0.4) is 0 Å². The van der Waals surface area contributed by atoms with E-state index >= 15 is 0 Å². The van der Waals surface area contributed by atoms with Gasteiger partial charge in [-0.1, -0.05) is 0 Å². The van der Waals surface area contributed by atoms with Crippen molar-refractivity contribution in [1.29, 1.82) is 0 Å². The molecule has 0 amide bonds. The summed E-state index contributed by atoms with van der Waals surface area (Å²) in [6.07, 6.45) is 0. The van der Waals surface area contributed by atoms with Crippen LogP contribution in [0, 0.1) is 13.8 Å². The number of ether oxygens (including phenoxy) is 1. The van der Waals surface area contributed by atoms with Gasteiger partial charge in [-0.2, -0.15) is 5.10 Å². The first-order valence-corrected chi connectivity index (χ1v) is 8.05. The number of aromatic amines is 1. The van der Waals surface area contributed by atoms with Crippen LogP contribution in [0.1, 0.15) is 33.5 Å². The number of hydrogen-bond acceptors (Lipinski definition) is 7. The van der Waals surface area contributed by atoms with Crippen LogP contribution in [0.25, 0.3) is 0 Å². The van der Waals surface area contributed by atoms with E-state index in [1.165, 1.54) is 7.11 Å². The van der Waals surface area contributed by atoms with E-state index in [0.717, 1.165) is 55.7 Å². The van der Waals surface area contributed by atoms with Gasteiger partial charge in [-0.25, -0.2) is 9.78 Å². The maximum Gasteiger partial charge on any atom is 0.374 e. The highest BCUT2D eigenvalue weighted by Crippen LogP contribution is 2.18. The van der Waals surface area contributed by atoms with Crippen LogP contribution in [0.5, 0.6) is 0 Å². The third kappa shape index (κ3) is 3.82. The van der Waals surface area contributed by atoms with Gasteiger partial charge in [0.25, 0.3) is 0 Å². The molecule has 130 valence electrons. The first kappa shape index (κ1) is 16.7. The molecule has 3 rings (SSSR count). The fourth-order valence-electron chi connectivity index (χ4n) is 2.91. The lowest BCUT2D eigenvalue weighted by atomic mass is 10.2. The third-order valence-electron chi connectivity index (χ3n) is 4.19. The number of nitrogens with one attached hydrogen (secondary N) is 1. The van der Waals surface area contributed by atoms with Gasteiger partial charge in [-0.15, -0.1) is 0 Å². The molecule has 3 heterocycles. The topological polar surface area (TPSA) is 87.5 Å². The molecule has 0 atom stereocenters. The van der Waals surface area contributed by atoms with E-state index in [-0.39, 0.29) is 0 Å². The van der Waals surface area contributed by atoms with Crippen molar-refractivity contribution in [3.8, 4) is 0 Å². The monoisotopic (exact) mass is 333 g/mol. The van der Waals surface area contributed by atoms with E-state index in [1.54, 1.807) is 0 Å². The average Bonchev–Trinajstić information content (AvgIpc) is 3.14. The predicted octanol–water partition coefficient (Wildman–Crippen LogP) is 1.12. The van der Waals surface area contributed by atoms with E-state index in [9.17, 15) is 4.79 Å². The van der Waals surface area contributed by atoms with E-state index in [2.05, 4.69) is 25.0 Å². The molecule has 1 saturated heterocycles. The van der Waals surface area contributed by atoms with Crippen molar-refractivity contribution in [2.75, 3.05) is 33.3 Å². The highest BCUT2D eigenvalue weighted by Gasteiger charge is 2.21. The molecule has 1 N–H and O–H groups in total. The van der Waals surface area contributed by atoms with Crippen molar-refractivity contribution in [1.82, 2.24) is 25.0 Å². The Hall–Kier alpha value is -2.19. The number of carbonyl (C=O) groups excluding carboxylic acids is 1. The summed E-state index contributed by atoms with van der Waals surface area (Å²) in [5, 5.41) is 7.06. The minimum absolute atomic E-state index is 0.297. The fourth-order valence-corrected chi connectivity index (χ4v) is 2.91.